The van der Waals surface area contributed by atoms with E-state index < -0.39 is 11.9 Å². The molecule has 0 aliphatic rings. The first kappa shape index (κ1) is 30.1. The molecule has 0 amide bonds. The van der Waals surface area contributed by atoms with Gasteiger partial charge in [0.15, 0.2) is 10.3 Å². The minimum absolute atomic E-state index is 0. The van der Waals surface area contributed by atoms with E-state index >= 15 is 0 Å². The number of nitrogen functional groups attached to an aromatic ring is 2. The largest absolute Gasteiger partial charge is 1.00 e. The van der Waals surface area contributed by atoms with Crippen molar-refractivity contribution in [3.63, 3.8) is 0 Å². The van der Waals surface area contributed by atoms with Gasteiger partial charge < -0.3 is 31.9 Å². The molecule has 144 valence electrons. The number of carboxylic acids is 1. The Morgan fingerprint density at radius 3 is 1.70 bits per heavy atom. The van der Waals surface area contributed by atoms with Crippen LogP contribution < -0.4 is 41.0 Å². The van der Waals surface area contributed by atoms with Crippen LogP contribution in [0.5, 0.6) is 0 Å². The first-order valence-corrected chi connectivity index (χ1v) is 7.11. The number of nitrogens with two attached hydrogens (primary N) is 2. The monoisotopic (exact) mass is 430 g/mol. The number of hydrogen-bond donors (Lipinski definition) is 4. The fourth-order valence-electron chi connectivity index (χ4n) is 1.37. The molecule has 0 saturated carbocycles. The minimum atomic E-state index is -1.10. The number of nitrogens with zero attached hydrogens (tertiary/aromatic N) is 2. The van der Waals surface area contributed by atoms with Gasteiger partial charge in [-0.2, -0.15) is 0 Å². The molecule has 0 aromatic carbocycles. The molecule has 0 spiro atoms. The van der Waals surface area contributed by atoms with Crippen molar-refractivity contribution in [2.45, 2.75) is 0 Å². The van der Waals surface area contributed by atoms with E-state index in [1.54, 1.807) is 0 Å². The Kier molecular flexibility index (Phi) is 17.2. The summed E-state index contributed by atoms with van der Waals surface area (Å²) >= 11 is 11.0. The zero-order valence-corrected chi connectivity index (χ0v) is 18.2. The molecule has 0 unspecified atom stereocenters. The smallest absolute Gasteiger partial charge is 0.870 e. The topological polar surface area (TPSA) is 192 Å². The number of methoxy groups -OCH3 is 1. The molecule has 10 nitrogen and oxygen atoms in total. The molecule has 0 bridgehead atoms. The summed E-state index contributed by atoms with van der Waals surface area (Å²) < 4.78 is 4.47. The van der Waals surface area contributed by atoms with Crippen molar-refractivity contribution >= 4 is 46.5 Å². The molecule has 0 fully saturated rings. The normalized spacial score (nSPS) is 8.33. The van der Waals surface area contributed by atoms with E-state index in [1.807, 2.05) is 0 Å². The molecule has 0 saturated heterocycles. The molecule has 2 aromatic heterocycles. The summed E-state index contributed by atoms with van der Waals surface area (Å²) in [5.41, 5.74) is 11.1. The molecule has 0 aliphatic heterocycles. The number of aliphatic hydroxyl groups excluding tert-OH is 1. The summed E-state index contributed by atoms with van der Waals surface area (Å²) in [6, 6.07) is 2.75. The van der Waals surface area contributed by atoms with Crippen LogP contribution in [0.15, 0.2) is 24.5 Å². The van der Waals surface area contributed by atoms with Crippen LogP contribution in [0.2, 0.25) is 10.3 Å². The summed E-state index contributed by atoms with van der Waals surface area (Å²) in [6.07, 6.45) is 2.69. The molecule has 2 aromatic rings. The average molecular weight is 431 g/mol. The molecule has 13 heteroatoms. The van der Waals surface area contributed by atoms with Crippen molar-refractivity contribution in [2.75, 3.05) is 25.7 Å². The molecule has 27 heavy (non-hydrogen) atoms. The van der Waals surface area contributed by atoms with Crippen molar-refractivity contribution in [2.24, 2.45) is 0 Å². The van der Waals surface area contributed by atoms with Crippen LogP contribution in [0.25, 0.3) is 0 Å². The van der Waals surface area contributed by atoms with Crippen LogP contribution >= 0.6 is 23.2 Å². The van der Waals surface area contributed by atoms with Crippen molar-refractivity contribution in [3.8, 4) is 0 Å². The molecule has 2 rings (SSSR count). The maximum atomic E-state index is 11.0. The van der Waals surface area contributed by atoms with Gasteiger partial charge in [-0.05, 0) is 12.1 Å². The third-order valence-electron chi connectivity index (χ3n) is 2.52. The predicted molar refractivity (Wildman–Crippen MR) is 95.7 cm³/mol. The average Bonchev–Trinajstić information content (AvgIpc) is 2.61. The van der Waals surface area contributed by atoms with E-state index in [9.17, 15) is 9.59 Å². The minimum Gasteiger partial charge on any atom is -0.870 e. The number of halogens is 2. The van der Waals surface area contributed by atoms with E-state index in [-0.39, 0.29) is 67.8 Å². The molecule has 2 heterocycles. The molecular formula is C14H17Cl2N4NaO6. The van der Waals surface area contributed by atoms with Crippen LogP contribution in [-0.4, -0.2) is 51.8 Å². The van der Waals surface area contributed by atoms with Crippen LogP contribution in [-0.2, 0) is 4.74 Å². The van der Waals surface area contributed by atoms with Gasteiger partial charge in [-0.3, -0.25) is 0 Å². The Morgan fingerprint density at radius 2 is 1.37 bits per heavy atom. The van der Waals surface area contributed by atoms with E-state index in [0.29, 0.717) is 0 Å². The van der Waals surface area contributed by atoms with Gasteiger partial charge in [-0.1, -0.05) is 23.2 Å². The number of rotatable bonds is 2. The summed E-state index contributed by atoms with van der Waals surface area (Å²) in [5, 5.41) is 15.7. The van der Waals surface area contributed by atoms with Crippen LogP contribution in [0.4, 0.5) is 11.4 Å². The zero-order chi connectivity index (χ0) is 19.6. The zero-order valence-electron chi connectivity index (χ0n) is 14.7. The van der Waals surface area contributed by atoms with Gasteiger partial charge in [0.2, 0.25) is 0 Å². The van der Waals surface area contributed by atoms with Crippen molar-refractivity contribution in [3.05, 3.63) is 46.0 Å². The second kappa shape index (κ2) is 15.4. The Hall–Kier alpha value is -1.66. The molecule has 0 aliphatic carbocycles. The number of aromatic carboxylic acids is 1. The van der Waals surface area contributed by atoms with Crippen LogP contribution in [0.3, 0.4) is 0 Å². The molecule has 0 atom stereocenters. The SMILES string of the molecule is CO.COC(=O)c1ccnc(Cl)c1N.Nc1c(C(=O)O)ccnc1Cl.[Na+].[OH-]. The van der Waals surface area contributed by atoms with Crippen LogP contribution in [0.1, 0.15) is 20.7 Å². The van der Waals surface area contributed by atoms with Gasteiger partial charge in [-0.25, -0.2) is 19.6 Å². The number of pyridine rings is 2. The first-order chi connectivity index (χ1) is 11.8. The van der Waals surface area contributed by atoms with Crippen LogP contribution in [0, 0.1) is 0 Å². The van der Waals surface area contributed by atoms with Gasteiger partial charge >= 0.3 is 41.5 Å². The quantitative estimate of drug-likeness (QED) is 0.249. The van der Waals surface area contributed by atoms with Crippen molar-refractivity contribution < 1.29 is 59.6 Å². The number of ether oxygens (including phenoxy) is 1. The third kappa shape index (κ3) is 9.20. The van der Waals surface area contributed by atoms with E-state index in [0.717, 1.165) is 7.11 Å². The number of carboxylic acid groups (broad SMARTS) is 1. The number of anilines is 2. The molecule has 0 radical (unpaired) electrons. The number of esters is 1. The Labute approximate surface area is 187 Å². The van der Waals surface area contributed by atoms with E-state index in [4.69, 9.17) is 44.9 Å². The van der Waals surface area contributed by atoms with Gasteiger partial charge in [0.25, 0.3) is 0 Å². The van der Waals surface area contributed by atoms with Crippen molar-refractivity contribution in [1.29, 1.82) is 0 Å². The Morgan fingerprint density at radius 1 is 1.00 bits per heavy atom. The summed E-state index contributed by atoms with van der Waals surface area (Å²) in [5.74, 6) is -1.62. The van der Waals surface area contributed by atoms with E-state index in [1.165, 1.54) is 31.6 Å². The number of carbonyl (C=O) groups excluding carboxylic acids is 1. The van der Waals surface area contributed by atoms with E-state index in [2.05, 4.69) is 14.7 Å². The van der Waals surface area contributed by atoms with Crippen molar-refractivity contribution in [1.82, 2.24) is 9.97 Å². The maximum absolute atomic E-state index is 11.0. The Balaban J connectivity index is -0.000000367. The van der Waals surface area contributed by atoms with Gasteiger partial charge in [0, 0.05) is 19.5 Å². The third-order valence-corrected chi connectivity index (χ3v) is 3.12. The summed E-state index contributed by atoms with van der Waals surface area (Å²) in [6.45, 7) is 0. The maximum Gasteiger partial charge on any atom is 1.00 e. The number of aromatic nitrogens is 2. The summed E-state index contributed by atoms with van der Waals surface area (Å²) in [7, 11) is 2.27. The fraction of sp³-hybridized carbons (Fsp3) is 0.143. The number of hydrogen-bond acceptors (Lipinski definition) is 9. The van der Waals surface area contributed by atoms with Gasteiger partial charge in [0.05, 0.1) is 29.6 Å². The molecule has 7 N–H and O–H groups in total. The first-order valence-electron chi connectivity index (χ1n) is 6.35. The van der Waals surface area contributed by atoms with Gasteiger partial charge in [-0.15, -0.1) is 0 Å². The second-order valence-corrected chi connectivity index (χ2v) is 4.64. The Bertz CT molecular complexity index is 752. The number of aliphatic hydroxyl groups is 1. The standard InChI is InChI=1S/C7H7ClN2O2.C6H5ClN2O2.CH4O.Na.H2O/c1-12-7(11)4-2-3-10-6(8)5(4)9;7-5-4(8)3(6(10)11)1-2-9-5;1-2;;/h2-3H,9H2,1H3;1-2H,8H2,(H,10,11);2H,1H3;;1H2/q;;;+1;/p-1. The summed E-state index contributed by atoms with van der Waals surface area (Å²) in [4.78, 5) is 28.7. The second-order valence-electron chi connectivity index (χ2n) is 3.92. The van der Waals surface area contributed by atoms with Gasteiger partial charge in [0.1, 0.15) is 0 Å². The molecular weight excluding hydrogens is 414 g/mol. The predicted octanol–water partition coefficient (Wildman–Crippen LogP) is -1.45. The fourth-order valence-corrected chi connectivity index (χ4v) is 1.69. The number of carbonyl (C=O) groups is 2.